The van der Waals surface area contributed by atoms with Crippen LogP contribution in [0.3, 0.4) is 0 Å². The summed E-state index contributed by atoms with van der Waals surface area (Å²) in [5, 5.41) is 11.5. The molecule has 3 heterocycles. The van der Waals surface area contributed by atoms with Gasteiger partial charge in [-0.2, -0.15) is 13.2 Å². The number of carbonyl (C=O) groups is 2. The van der Waals surface area contributed by atoms with Gasteiger partial charge >= 0.3 is 12.1 Å². The Morgan fingerprint density at radius 2 is 1.85 bits per heavy atom. The summed E-state index contributed by atoms with van der Waals surface area (Å²) in [7, 11) is 0. The minimum absolute atomic E-state index is 0.0428. The number of alkyl halides is 3. The number of hydrogen-bond acceptors (Lipinski definition) is 5. The van der Waals surface area contributed by atoms with Gasteiger partial charge in [0.15, 0.2) is 0 Å². The van der Waals surface area contributed by atoms with Gasteiger partial charge in [-0.1, -0.05) is 12.0 Å². The second-order valence-corrected chi connectivity index (χ2v) is 9.25. The molecule has 1 aromatic carbocycles. The lowest BCUT2D eigenvalue weighted by atomic mass is 9.99. The van der Waals surface area contributed by atoms with Crippen molar-refractivity contribution in [3.05, 3.63) is 71.3 Å². The minimum atomic E-state index is -4.65. The van der Waals surface area contributed by atoms with Gasteiger partial charge in [0.2, 0.25) is 0 Å². The number of pyridine rings is 2. The number of carboxylic acid groups (broad SMARTS) is 1. The molecular formula is C29H27F3N4O3. The Kier molecular flexibility index (Phi) is 8.49. The van der Waals surface area contributed by atoms with E-state index in [1.807, 2.05) is 19.1 Å². The number of aromatic nitrogens is 2. The topological polar surface area (TPSA) is 95.4 Å². The summed E-state index contributed by atoms with van der Waals surface area (Å²) in [5.41, 5.74) is 3.08. The Balaban J connectivity index is 1.63. The average Bonchev–Trinajstić information content (AvgIpc) is 2.92. The van der Waals surface area contributed by atoms with Gasteiger partial charge in [0.1, 0.15) is 11.4 Å². The number of nitrogens with one attached hydrogen (secondary N) is 1. The number of rotatable bonds is 6. The molecule has 1 fully saturated rings. The number of halogens is 3. The van der Waals surface area contributed by atoms with Gasteiger partial charge in [-0.05, 0) is 73.6 Å². The second-order valence-electron chi connectivity index (χ2n) is 9.25. The zero-order chi connectivity index (χ0) is 28.0. The SMILES string of the molecule is Cc1ccc(NC(=O)c2ccnc(C(F)(F)F)c2)cc1-c1cnc(C#CCCC(=O)O)c(N2CCCCC2)c1. The molecule has 1 aliphatic rings. The van der Waals surface area contributed by atoms with Crippen LogP contribution in [0.2, 0.25) is 0 Å². The largest absolute Gasteiger partial charge is 0.481 e. The van der Waals surface area contributed by atoms with Crippen LogP contribution in [0, 0.1) is 18.8 Å². The summed E-state index contributed by atoms with van der Waals surface area (Å²) in [4.78, 5) is 33.7. The van der Waals surface area contributed by atoms with Crippen molar-refractivity contribution in [1.82, 2.24) is 9.97 Å². The number of carboxylic acids is 1. The number of nitrogens with zero attached hydrogens (tertiary/aromatic N) is 3. The second kappa shape index (κ2) is 12.0. The summed E-state index contributed by atoms with van der Waals surface area (Å²) >= 11 is 0. The highest BCUT2D eigenvalue weighted by Gasteiger charge is 2.33. The highest BCUT2D eigenvalue weighted by Crippen LogP contribution is 2.32. The first-order chi connectivity index (χ1) is 18.6. The van der Waals surface area contributed by atoms with Crippen LogP contribution < -0.4 is 10.2 Å². The summed E-state index contributed by atoms with van der Waals surface area (Å²) in [5.74, 6) is 4.33. The van der Waals surface area contributed by atoms with Gasteiger partial charge in [-0.3, -0.25) is 14.6 Å². The molecule has 0 saturated carbocycles. The molecular weight excluding hydrogens is 509 g/mol. The van der Waals surface area contributed by atoms with Gasteiger partial charge in [0.25, 0.3) is 5.91 Å². The maximum atomic E-state index is 13.0. The molecule has 1 amide bonds. The molecule has 202 valence electrons. The van der Waals surface area contributed by atoms with Crippen molar-refractivity contribution in [2.24, 2.45) is 0 Å². The minimum Gasteiger partial charge on any atom is -0.481 e. The van der Waals surface area contributed by atoms with Crippen molar-refractivity contribution in [3.8, 4) is 23.0 Å². The first-order valence-corrected chi connectivity index (χ1v) is 12.5. The summed E-state index contributed by atoms with van der Waals surface area (Å²) in [6.45, 7) is 3.63. The smallest absolute Gasteiger partial charge is 0.433 e. The zero-order valence-electron chi connectivity index (χ0n) is 21.3. The van der Waals surface area contributed by atoms with Crippen LogP contribution in [0.15, 0.2) is 48.8 Å². The van der Waals surface area contributed by atoms with E-state index in [1.165, 1.54) is 6.07 Å². The van der Waals surface area contributed by atoms with Crippen LogP contribution in [-0.2, 0) is 11.0 Å². The van der Waals surface area contributed by atoms with E-state index < -0.39 is 23.7 Å². The van der Waals surface area contributed by atoms with E-state index >= 15 is 0 Å². The van der Waals surface area contributed by atoms with Crippen molar-refractivity contribution in [2.75, 3.05) is 23.3 Å². The third kappa shape index (κ3) is 7.13. The quantitative estimate of drug-likeness (QED) is 0.379. The van der Waals surface area contributed by atoms with E-state index in [-0.39, 0.29) is 18.4 Å². The molecule has 3 aromatic rings. The average molecular weight is 537 g/mol. The van der Waals surface area contributed by atoms with Crippen molar-refractivity contribution in [3.63, 3.8) is 0 Å². The number of aliphatic carboxylic acids is 1. The van der Waals surface area contributed by atoms with E-state index in [4.69, 9.17) is 5.11 Å². The Bertz CT molecular complexity index is 1440. The van der Waals surface area contributed by atoms with Gasteiger partial charge < -0.3 is 15.3 Å². The highest BCUT2D eigenvalue weighted by atomic mass is 19.4. The van der Waals surface area contributed by atoms with Crippen molar-refractivity contribution in [2.45, 2.75) is 45.2 Å². The van der Waals surface area contributed by atoms with Crippen LogP contribution in [0.4, 0.5) is 24.5 Å². The fourth-order valence-corrected chi connectivity index (χ4v) is 4.33. The molecule has 39 heavy (non-hydrogen) atoms. The molecule has 10 heteroatoms. The van der Waals surface area contributed by atoms with Gasteiger partial charge in [-0.25, -0.2) is 4.98 Å². The van der Waals surface area contributed by atoms with Crippen LogP contribution >= 0.6 is 0 Å². The number of piperidine rings is 1. The number of amides is 1. The number of carbonyl (C=O) groups excluding carboxylic acids is 1. The number of anilines is 2. The molecule has 0 spiro atoms. The van der Waals surface area contributed by atoms with Crippen LogP contribution in [0.5, 0.6) is 0 Å². The van der Waals surface area contributed by atoms with Crippen molar-refractivity contribution < 1.29 is 27.9 Å². The lowest BCUT2D eigenvalue weighted by molar-refractivity contribution is -0.141. The van der Waals surface area contributed by atoms with Crippen molar-refractivity contribution >= 4 is 23.3 Å². The number of hydrogen-bond donors (Lipinski definition) is 2. The summed E-state index contributed by atoms with van der Waals surface area (Å²) < 4.78 is 39.1. The predicted molar refractivity (Wildman–Crippen MR) is 141 cm³/mol. The normalized spacial score (nSPS) is 13.4. The molecule has 0 bridgehead atoms. The number of aryl methyl sites for hydroxylation is 1. The van der Waals surface area contributed by atoms with Crippen LogP contribution in [0.25, 0.3) is 11.1 Å². The predicted octanol–water partition coefficient (Wildman–Crippen LogP) is 5.93. The molecule has 0 atom stereocenters. The molecule has 2 aromatic heterocycles. The summed E-state index contributed by atoms with van der Waals surface area (Å²) in [6.07, 6.45) is 1.40. The molecule has 1 aliphatic heterocycles. The maximum absolute atomic E-state index is 13.0. The van der Waals surface area contributed by atoms with Gasteiger partial charge in [0, 0.05) is 48.7 Å². The Morgan fingerprint density at radius 1 is 1.08 bits per heavy atom. The van der Waals surface area contributed by atoms with Crippen molar-refractivity contribution in [1.29, 1.82) is 0 Å². The van der Waals surface area contributed by atoms with E-state index in [1.54, 1.807) is 18.3 Å². The first-order valence-electron chi connectivity index (χ1n) is 12.5. The van der Waals surface area contributed by atoms with E-state index in [0.717, 1.165) is 67.0 Å². The third-order valence-corrected chi connectivity index (χ3v) is 6.35. The lowest BCUT2D eigenvalue weighted by Gasteiger charge is -2.29. The van der Waals surface area contributed by atoms with E-state index in [0.29, 0.717) is 11.4 Å². The molecule has 0 unspecified atom stereocenters. The molecule has 4 rings (SSSR count). The van der Waals surface area contributed by atoms with E-state index in [9.17, 15) is 22.8 Å². The fourth-order valence-electron chi connectivity index (χ4n) is 4.33. The van der Waals surface area contributed by atoms with Gasteiger partial charge in [-0.15, -0.1) is 0 Å². The number of benzene rings is 1. The molecule has 2 N–H and O–H groups in total. The monoisotopic (exact) mass is 536 g/mol. The van der Waals surface area contributed by atoms with E-state index in [2.05, 4.69) is 32.0 Å². The molecule has 7 nitrogen and oxygen atoms in total. The summed E-state index contributed by atoms with van der Waals surface area (Å²) in [6, 6.07) is 9.20. The molecule has 0 aliphatic carbocycles. The lowest BCUT2D eigenvalue weighted by Crippen LogP contribution is -2.30. The molecule has 0 radical (unpaired) electrons. The Morgan fingerprint density at radius 3 is 2.56 bits per heavy atom. The fraction of sp³-hybridized carbons (Fsp3) is 0.310. The molecule has 1 saturated heterocycles. The highest BCUT2D eigenvalue weighted by molar-refractivity contribution is 6.04. The van der Waals surface area contributed by atoms with Crippen LogP contribution in [-0.4, -0.2) is 40.0 Å². The zero-order valence-corrected chi connectivity index (χ0v) is 21.3. The van der Waals surface area contributed by atoms with Gasteiger partial charge in [0.05, 0.1) is 12.1 Å². The third-order valence-electron chi connectivity index (χ3n) is 6.35. The Labute approximate surface area is 224 Å². The Hall–Kier alpha value is -4.39. The standard InChI is InChI=1S/C29H27F3N4O3/c1-19-9-10-22(35-28(39)20-11-12-33-26(16-20)29(30,31)32)17-23(19)21-15-25(36-13-5-2-6-14-36)24(34-18-21)7-3-4-8-27(37)38/h9-12,15-18H,2,4-6,8,13-14H2,1H3,(H,35,39)(H,37,38). The maximum Gasteiger partial charge on any atom is 0.433 e. The first kappa shape index (κ1) is 27.6. The van der Waals surface area contributed by atoms with Crippen LogP contribution in [0.1, 0.15) is 59.4 Å².